The van der Waals surface area contributed by atoms with E-state index in [0.717, 1.165) is 17.0 Å². The summed E-state index contributed by atoms with van der Waals surface area (Å²) in [6.45, 7) is 11.8. The average molecular weight is 402 g/mol. The monoisotopic (exact) mass is 402 g/mol. The number of hydrogen-bond acceptors (Lipinski definition) is 2. The van der Waals surface area contributed by atoms with Crippen LogP contribution in [0.15, 0.2) is 77.3 Å². The molecule has 0 fully saturated rings. The molecule has 160 valence electrons. The highest BCUT2D eigenvalue weighted by Gasteiger charge is 2.23. The molecule has 0 bridgehead atoms. The predicted octanol–water partition coefficient (Wildman–Crippen LogP) is 7.71. The second-order valence-corrected chi connectivity index (χ2v) is 9.15. The van der Waals surface area contributed by atoms with Crippen LogP contribution < -0.4 is 5.32 Å². The van der Waals surface area contributed by atoms with E-state index in [-0.39, 0.29) is 5.54 Å². The first-order valence-electron chi connectivity index (χ1n) is 11.6. The fraction of sp³-hybridized carbons (Fsp3) is 0.444. The van der Waals surface area contributed by atoms with Crippen molar-refractivity contribution in [1.82, 2.24) is 5.32 Å². The molecule has 2 nitrogen and oxygen atoms in total. The lowest BCUT2D eigenvalue weighted by atomic mass is 9.41. The van der Waals surface area contributed by atoms with Crippen LogP contribution in [0.2, 0.25) is 12.6 Å². The maximum absolute atomic E-state index is 5.04. The lowest BCUT2D eigenvalue weighted by Crippen LogP contribution is -2.41. The first-order valence-corrected chi connectivity index (χ1v) is 11.6. The number of aliphatic imine (C=N–C) groups is 1. The van der Waals surface area contributed by atoms with Crippen molar-refractivity contribution >= 4 is 18.1 Å². The van der Waals surface area contributed by atoms with E-state index in [1.165, 1.54) is 43.9 Å². The average Bonchev–Trinajstić information content (AvgIpc) is 2.73. The second kappa shape index (κ2) is 12.4. The van der Waals surface area contributed by atoms with E-state index in [1.807, 2.05) is 18.2 Å². The Morgan fingerprint density at radius 1 is 0.867 bits per heavy atom. The Bertz CT molecular complexity index is 781. The van der Waals surface area contributed by atoms with Crippen molar-refractivity contribution < 1.29 is 0 Å². The Hall–Kier alpha value is -2.29. The molecule has 1 N–H and O–H groups in total. The summed E-state index contributed by atoms with van der Waals surface area (Å²) < 4.78 is 0. The molecule has 0 aliphatic carbocycles. The minimum absolute atomic E-state index is 0.0110. The van der Waals surface area contributed by atoms with E-state index in [4.69, 9.17) is 4.99 Å². The third-order valence-electron chi connectivity index (χ3n) is 5.14. The van der Waals surface area contributed by atoms with Crippen LogP contribution in [-0.2, 0) is 0 Å². The Balaban J connectivity index is 2.53. The van der Waals surface area contributed by atoms with Crippen molar-refractivity contribution in [1.29, 1.82) is 0 Å². The maximum Gasteiger partial charge on any atom is 0.196 e. The smallest absolute Gasteiger partial charge is 0.196 e. The topological polar surface area (TPSA) is 24.4 Å². The summed E-state index contributed by atoms with van der Waals surface area (Å²) in [7, 11) is 0. The second-order valence-electron chi connectivity index (χ2n) is 9.15. The van der Waals surface area contributed by atoms with Crippen LogP contribution in [0.25, 0.3) is 0 Å². The first-order chi connectivity index (χ1) is 14.4. The molecule has 0 spiro atoms. The molecular weight excluding hydrogens is 363 g/mol. The standard InChI is InChI=1S/C27H39BN2/c1-6-8-20-28(21-9-7-2)26(30-27(3,4)5)22-25(23-16-12-10-13-17-23)29-24-18-14-11-15-19-24/h10-19,22,30H,6-9,20-21H2,1-5H3/b26-22+,29-25?. The maximum atomic E-state index is 5.04. The fourth-order valence-corrected chi connectivity index (χ4v) is 3.62. The predicted molar refractivity (Wildman–Crippen MR) is 135 cm³/mol. The molecule has 0 heterocycles. The largest absolute Gasteiger partial charge is 0.391 e. The highest BCUT2D eigenvalue weighted by Crippen LogP contribution is 2.21. The van der Waals surface area contributed by atoms with Crippen molar-refractivity contribution in [3.8, 4) is 0 Å². The molecule has 0 aliphatic heterocycles. The molecule has 2 aromatic rings. The Morgan fingerprint density at radius 3 is 1.90 bits per heavy atom. The normalized spacial score (nSPS) is 12.7. The molecular formula is C27H39BN2. The summed E-state index contributed by atoms with van der Waals surface area (Å²) in [5.41, 5.74) is 4.49. The number of benzene rings is 2. The van der Waals surface area contributed by atoms with Gasteiger partial charge in [-0.05, 0) is 44.6 Å². The number of rotatable bonds is 11. The molecule has 0 radical (unpaired) electrons. The Labute approximate surface area is 185 Å². The van der Waals surface area contributed by atoms with Gasteiger partial charge in [0.1, 0.15) is 0 Å². The third-order valence-corrected chi connectivity index (χ3v) is 5.14. The van der Waals surface area contributed by atoms with Gasteiger partial charge in [-0.15, -0.1) is 0 Å². The number of allylic oxidation sites excluding steroid dienone is 1. The zero-order chi connectivity index (χ0) is 21.8. The Kier molecular flexibility index (Phi) is 9.93. The lowest BCUT2D eigenvalue weighted by Gasteiger charge is -2.29. The van der Waals surface area contributed by atoms with Crippen LogP contribution in [0.3, 0.4) is 0 Å². The summed E-state index contributed by atoms with van der Waals surface area (Å²) in [6.07, 6.45) is 9.73. The van der Waals surface area contributed by atoms with Crippen LogP contribution in [0.1, 0.15) is 65.9 Å². The SMILES string of the molecule is CCCCB(CCCC)/C(=C\C(=Nc1ccccc1)c1ccccc1)NC(C)(C)C. The zero-order valence-electron chi connectivity index (χ0n) is 19.6. The minimum Gasteiger partial charge on any atom is -0.391 e. The van der Waals surface area contributed by atoms with Gasteiger partial charge >= 0.3 is 0 Å². The van der Waals surface area contributed by atoms with Crippen LogP contribution in [-0.4, -0.2) is 18.0 Å². The molecule has 2 aromatic carbocycles. The van der Waals surface area contributed by atoms with Gasteiger partial charge in [0, 0.05) is 11.1 Å². The van der Waals surface area contributed by atoms with Crippen LogP contribution in [0.5, 0.6) is 0 Å². The van der Waals surface area contributed by atoms with Gasteiger partial charge in [0.25, 0.3) is 0 Å². The van der Waals surface area contributed by atoms with Gasteiger partial charge in [-0.25, -0.2) is 4.99 Å². The van der Waals surface area contributed by atoms with Crippen molar-refractivity contribution in [2.24, 2.45) is 4.99 Å². The summed E-state index contributed by atoms with van der Waals surface area (Å²) in [4.78, 5) is 5.04. The van der Waals surface area contributed by atoms with Gasteiger partial charge in [-0.1, -0.05) is 101 Å². The molecule has 0 unspecified atom stereocenters. The molecule has 0 aliphatic rings. The molecule has 30 heavy (non-hydrogen) atoms. The van der Waals surface area contributed by atoms with Gasteiger partial charge in [0.2, 0.25) is 0 Å². The highest BCUT2D eigenvalue weighted by atomic mass is 14.9. The molecule has 0 atom stereocenters. The van der Waals surface area contributed by atoms with Crippen LogP contribution in [0, 0.1) is 0 Å². The molecule has 0 saturated carbocycles. The van der Waals surface area contributed by atoms with E-state index in [1.54, 1.807) is 0 Å². The van der Waals surface area contributed by atoms with E-state index in [0.29, 0.717) is 6.71 Å². The van der Waals surface area contributed by atoms with Gasteiger partial charge in [-0.3, -0.25) is 0 Å². The summed E-state index contributed by atoms with van der Waals surface area (Å²) in [6, 6.07) is 20.8. The van der Waals surface area contributed by atoms with Crippen molar-refractivity contribution in [3.05, 3.63) is 77.9 Å². The summed E-state index contributed by atoms with van der Waals surface area (Å²) in [5.74, 6) is 0. The van der Waals surface area contributed by atoms with E-state index >= 15 is 0 Å². The number of nitrogens with zero attached hydrogens (tertiary/aromatic N) is 1. The number of hydrogen-bond donors (Lipinski definition) is 1. The van der Waals surface area contributed by atoms with Gasteiger partial charge in [0.15, 0.2) is 6.71 Å². The first kappa shape index (κ1) is 24.0. The number of para-hydroxylation sites is 1. The molecule has 3 heteroatoms. The summed E-state index contributed by atoms with van der Waals surface area (Å²) in [5, 5.41) is 3.84. The number of unbranched alkanes of at least 4 members (excludes halogenated alkanes) is 2. The lowest BCUT2D eigenvalue weighted by molar-refractivity contribution is 0.483. The van der Waals surface area contributed by atoms with E-state index in [2.05, 4.69) is 88.5 Å². The number of nitrogens with one attached hydrogen (secondary N) is 1. The fourth-order valence-electron chi connectivity index (χ4n) is 3.62. The highest BCUT2D eigenvalue weighted by molar-refractivity contribution is 6.67. The zero-order valence-corrected chi connectivity index (χ0v) is 19.6. The third kappa shape index (κ3) is 8.61. The van der Waals surface area contributed by atoms with Gasteiger partial charge < -0.3 is 5.32 Å². The molecule has 2 rings (SSSR count). The molecule has 0 aromatic heterocycles. The minimum atomic E-state index is 0.0110. The quantitative estimate of drug-likeness (QED) is 0.302. The van der Waals surface area contributed by atoms with Crippen molar-refractivity contribution in [2.75, 3.05) is 0 Å². The van der Waals surface area contributed by atoms with Gasteiger partial charge in [0.05, 0.1) is 11.4 Å². The van der Waals surface area contributed by atoms with E-state index in [9.17, 15) is 0 Å². The summed E-state index contributed by atoms with van der Waals surface area (Å²) >= 11 is 0. The van der Waals surface area contributed by atoms with E-state index < -0.39 is 0 Å². The van der Waals surface area contributed by atoms with Crippen LogP contribution in [0.4, 0.5) is 5.69 Å². The Morgan fingerprint density at radius 2 is 1.40 bits per heavy atom. The molecule has 0 amide bonds. The van der Waals surface area contributed by atoms with Crippen molar-refractivity contribution in [2.45, 2.75) is 78.5 Å². The van der Waals surface area contributed by atoms with Crippen molar-refractivity contribution in [3.63, 3.8) is 0 Å². The van der Waals surface area contributed by atoms with Gasteiger partial charge in [-0.2, -0.15) is 0 Å². The van der Waals surface area contributed by atoms with Crippen LogP contribution >= 0.6 is 0 Å². The molecule has 0 saturated heterocycles.